The minimum absolute atomic E-state index is 0.153. The number of methoxy groups -OCH3 is 3. The Labute approximate surface area is 225 Å². The Morgan fingerprint density at radius 2 is 1.77 bits per heavy atom. The number of aromatic nitrogens is 2. The van der Waals surface area contributed by atoms with Crippen LogP contribution < -0.4 is 33.4 Å². The van der Waals surface area contributed by atoms with Crippen LogP contribution in [0.4, 0.5) is 0 Å². The van der Waals surface area contributed by atoms with Gasteiger partial charge in [0.2, 0.25) is 17.9 Å². The molecule has 3 heterocycles. The second kappa shape index (κ2) is 11.0. The lowest BCUT2D eigenvalue weighted by Gasteiger charge is -2.28. The number of benzene rings is 2. The molecular weight excluding hydrogens is 506 g/mol. The van der Waals surface area contributed by atoms with Crippen molar-refractivity contribution in [3.8, 4) is 28.7 Å². The highest BCUT2D eigenvalue weighted by Gasteiger charge is 2.44. The van der Waals surface area contributed by atoms with Crippen molar-refractivity contribution in [2.45, 2.75) is 19.0 Å². The van der Waals surface area contributed by atoms with Gasteiger partial charge < -0.3 is 33.7 Å². The Kier molecular flexibility index (Phi) is 7.31. The summed E-state index contributed by atoms with van der Waals surface area (Å²) in [7, 11) is 4.43. The molecule has 1 unspecified atom stereocenters. The van der Waals surface area contributed by atoms with E-state index in [9.17, 15) is 14.7 Å². The van der Waals surface area contributed by atoms with Crippen molar-refractivity contribution in [2.24, 2.45) is 0 Å². The van der Waals surface area contributed by atoms with Gasteiger partial charge in [-0.3, -0.25) is 14.6 Å². The van der Waals surface area contributed by atoms with Crippen LogP contribution in [-0.4, -0.2) is 62.7 Å². The number of aromatic amines is 1. The highest BCUT2D eigenvalue weighted by atomic mass is 16.6. The highest BCUT2D eigenvalue weighted by Crippen LogP contribution is 2.46. The molecule has 1 N–H and O–H groups in total. The third kappa shape index (κ3) is 4.83. The lowest BCUT2D eigenvalue weighted by molar-refractivity contribution is -0.695. The number of imidazole rings is 1. The number of ether oxygens (including phenoxy) is 5. The van der Waals surface area contributed by atoms with E-state index in [0.717, 1.165) is 0 Å². The molecule has 0 bridgehead atoms. The van der Waals surface area contributed by atoms with E-state index < -0.39 is 23.5 Å². The molecule has 1 aromatic heterocycles. The minimum Gasteiger partial charge on any atom is -0.872 e. The summed E-state index contributed by atoms with van der Waals surface area (Å²) < 4.78 is 29.6. The maximum Gasteiger partial charge on any atom is 0.295 e. The summed E-state index contributed by atoms with van der Waals surface area (Å²) in [6, 6.07) is 7.09. The first kappa shape index (κ1) is 26.0. The lowest BCUT2D eigenvalue weighted by atomic mass is 9.94. The number of aryl methyl sites for hydroxylation is 1. The predicted octanol–water partition coefficient (Wildman–Crippen LogP) is 1.41. The molecule has 1 atom stereocenters. The van der Waals surface area contributed by atoms with Crippen molar-refractivity contribution in [3.63, 3.8) is 0 Å². The van der Waals surface area contributed by atoms with Crippen molar-refractivity contribution in [2.75, 3.05) is 41.1 Å². The molecule has 204 valence electrons. The number of likely N-dealkylation sites (tertiary alicyclic amines) is 1. The molecule has 2 aliphatic rings. The fraction of sp³-hybridized carbons (Fsp3) is 0.321. The maximum atomic E-state index is 13.9. The van der Waals surface area contributed by atoms with Crippen LogP contribution in [-0.2, 0) is 16.1 Å². The Balaban J connectivity index is 1.61. The zero-order chi connectivity index (χ0) is 27.5. The molecule has 3 aromatic rings. The van der Waals surface area contributed by atoms with Gasteiger partial charge in [0.25, 0.3) is 5.91 Å². The van der Waals surface area contributed by atoms with Gasteiger partial charge in [-0.25, -0.2) is 4.57 Å². The molecule has 0 spiro atoms. The van der Waals surface area contributed by atoms with E-state index in [2.05, 4.69) is 4.98 Å². The largest absolute Gasteiger partial charge is 0.872 e. The second-order valence-corrected chi connectivity index (χ2v) is 8.99. The fourth-order valence-corrected chi connectivity index (χ4v) is 4.93. The van der Waals surface area contributed by atoms with Crippen molar-refractivity contribution >= 4 is 17.4 Å². The molecule has 0 saturated carbocycles. The molecule has 1 amide bonds. The molecule has 2 aromatic carbocycles. The number of amides is 1. The van der Waals surface area contributed by atoms with E-state index in [4.69, 9.17) is 23.7 Å². The Hall–Kier alpha value is -4.67. The third-order valence-corrected chi connectivity index (χ3v) is 6.75. The van der Waals surface area contributed by atoms with Crippen LogP contribution in [0.2, 0.25) is 0 Å². The molecule has 1 saturated heterocycles. The number of H-pyrrole nitrogens is 1. The van der Waals surface area contributed by atoms with Gasteiger partial charge in [0, 0.05) is 18.5 Å². The van der Waals surface area contributed by atoms with E-state index in [0.29, 0.717) is 60.5 Å². The van der Waals surface area contributed by atoms with Crippen molar-refractivity contribution in [3.05, 3.63) is 65.8 Å². The topological polar surface area (TPSA) is 126 Å². The molecular formula is C28H29N3O8. The van der Waals surface area contributed by atoms with Gasteiger partial charge in [0.15, 0.2) is 23.0 Å². The van der Waals surface area contributed by atoms with E-state index in [1.807, 2.05) is 10.8 Å². The fourth-order valence-electron chi connectivity index (χ4n) is 4.93. The van der Waals surface area contributed by atoms with Crippen LogP contribution >= 0.6 is 0 Å². The van der Waals surface area contributed by atoms with Gasteiger partial charge in [-0.15, -0.1) is 0 Å². The molecule has 11 heteroatoms. The Morgan fingerprint density at radius 1 is 1.05 bits per heavy atom. The van der Waals surface area contributed by atoms with Crippen LogP contribution in [0, 0.1) is 0 Å². The molecule has 0 aliphatic carbocycles. The van der Waals surface area contributed by atoms with Gasteiger partial charge in [-0.1, -0.05) is 11.8 Å². The van der Waals surface area contributed by atoms with Crippen molar-refractivity contribution in [1.29, 1.82) is 0 Å². The maximum absolute atomic E-state index is 13.9. The van der Waals surface area contributed by atoms with Gasteiger partial charge in [0.1, 0.15) is 25.6 Å². The van der Waals surface area contributed by atoms with Gasteiger partial charge in [-0.2, -0.15) is 0 Å². The number of nitrogens with one attached hydrogen (secondary N) is 1. The van der Waals surface area contributed by atoms with Crippen LogP contribution in [0.25, 0.3) is 5.76 Å². The average Bonchev–Trinajstić information content (AvgIpc) is 3.58. The van der Waals surface area contributed by atoms with E-state index in [1.165, 1.54) is 26.2 Å². The van der Waals surface area contributed by atoms with Crippen LogP contribution in [0.1, 0.15) is 23.6 Å². The van der Waals surface area contributed by atoms with E-state index in [1.54, 1.807) is 42.9 Å². The molecule has 2 aliphatic heterocycles. The number of Topliss-reactive ketones (excluding diaryl/α,β-unsaturated/α-hetero) is 1. The number of fused-ring (bicyclic) bond motifs is 1. The van der Waals surface area contributed by atoms with Crippen LogP contribution in [0.3, 0.4) is 0 Å². The van der Waals surface area contributed by atoms with E-state index >= 15 is 0 Å². The minimum atomic E-state index is -0.962. The summed E-state index contributed by atoms with van der Waals surface area (Å²) in [6.45, 7) is 1.60. The smallest absolute Gasteiger partial charge is 0.295 e. The third-order valence-electron chi connectivity index (χ3n) is 6.75. The average molecular weight is 536 g/mol. The standard InChI is InChI=1S/C28H29N3O8/c1-35-21-14-18(15-22(36-2)27(21)37-3)24-23(25(32)17-5-6-19-20(13-17)39-12-11-38-19)26(33)28(34)31(24)9-4-8-30-10-7-29-16-30/h5-7,10,13-16,24H,4,8-9,11-12H2,1-3H3,(H,32,33). The molecule has 39 heavy (non-hydrogen) atoms. The molecule has 0 radical (unpaired) electrons. The van der Waals surface area contributed by atoms with Crippen LogP contribution in [0.15, 0.2) is 54.6 Å². The summed E-state index contributed by atoms with van der Waals surface area (Å²) in [4.78, 5) is 31.2. The monoisotopic (exact) mass is 535 g/mol. The summed E-state index contributed by atoms with van der Waals surface area (Å²) in [5, 5.41) is 13.9. The quantitative estimate of drug-likeness (QED) is 0.189. The second-order valence-electron chi connectivity index (χ2n) is 8.99. The lowest BCUT2D eigenvalue weighted by Crippen LogP contribution is -2.36. The summed E-state index contributed by atoms with van der Waals surface area (Å²) in [5.74, 6) is -0.186. The summed E-state index contributed by atoms with van der Waals surface area (Å²) >= 11 is 0. The highest BCUT2D eigenvalue weighted by molar-refractivity contribution is 6.46. The zero-order valence-corrected chi connectivity index (χ0v) is 21.9. The Morgan fingerprint density at radius 3 is 2.41 bits per heavy atom. The van der Waals surface area contributed by atoms with E-state index in [-0.39, 0.29) is 17.7 Å². The predicted molar refractivity (Wildman–Crippen MR) is 136 cm³/mol. The number of carbonyl (C=O) groups is 2. The molecule has 5 rings (SSSR count). The number of ketones is 1. The zero-order valence-electron chi connectivity index (χ0n) is 21.9. The van der Waals surface area contributed by atoms with Gasteiger partial charge in [0.05, 0.1) is 33.9 Å². The Bertz CT molecular complexity index is 1390. The number of carbonyl (C=O) groups excluding carboxylic acids is 2. The van der Waals surface area contributed by atoms with Crippen LogP contribution in [0.5, 0.6) is 28.7 Å². The van der Waals surface area contributed by atoms with Crippen molar-refractivity contribution in [1.82, 2.24) is 9.88 Å². The number of hydrogen-bond acceptors (Lipinski definition) is 8. The number of nitrogens with zero attached hydrogens (tertiary/aromatic N) is 2. The van der Waals surface area contributed by atoms with Gasteiger partial charge >= 0.3 is 0 Å². The van der Waals surface area contributed by atoms with Gasteiger partial charge in [-0.05, 0) is 35.4 Å². The first-order chi connectivity index (χ1) is 19.0. The first-order valence-electron chi connectivity index (χ1n) is 12.4. The molecule has 11 nitrogen and oxygen atoms in total. The number of hydrogen-bond donors (Lipinski definition) is 1. The first-order valence-corrected chi connectivity index (χ1v) is 12.4. The summed E-state index contributed by atoms with van der Waals surface area (Å²) in [6.07, 6.45) is 6.02. The SMILES string of the molecule is COc1cc(C2/C(=C(\[O-])c3ccc4c(c3)OCCO4)C(=O)C(=O)N2CCC[n+]2cc[nH]c2)cc(OC)c1OC. The normalized spacial score (nSPS) is 17.8. The number of rotatable bonds is 9. The molecule has 1 fully saturated rings. The van der Waals surface area contributed by atoms with Crippen molar-refractivity contribution < 1.29 is 42.9 Å². The summed E-state index contributed by atoms with van der Waals surface area (Å²) in [5.41, 5.74) is 0.553.